The van der Waals surface area contributed by atoms with Gasteiger partial charge in [0.15, 0.2) is 5.96 Å². The van der Waals surface area contributed by atoms with Gasteiger partial charge in [0.05, 0.1) is 0 Å². The van der Waals surface area contributed by atoms with Crippen LogP contribution in [0.1, 0.15) is 18.3 Å². The minimum absolute atomic E-state index is 0.143. The van der Waals surface area contributed by atoms with Crippen LogP contribution in [0.3, 0.4) is 0 Å². The Bertz CT molecular complexity index is 686. The van der Waals surface area contributed by atoms with Gasteiger partial charge in [-0.15, -0.1) is 0 Å². The molecular weight excluding hydrogens is 330 g/mol. The zero-order valence-electron chi connectivity index (χ0n) is 14.5. The minimum Gasteiger partial charge on any atom is -0.435 e. The number of nitrogens with zero attached hydrogens (tertiary/aromatic N) is 5. The van der Waals surface area contributed by atoms with Crippen LogP contribution >= 0.6 is 0 Å². The van der Waals surface area contributed by atoms with Gasteiger partial charge in [-0.2, -0.15) is 13.9 Å². The van der Waals surface area contributed by atoms with Gasteiger partial charge in [0.25, 0.3) is 0 Å². The Labute approximate surface area is 145 Å². The van der Waals surface area contributed by atoms with Crippen molar-refractivity contribution in [3.63, 3.8) is 0 Å². The quantitative estimate of drug-likeness (QED) is 0.610. The summed E-state index contributed by atoms with van der Waals surface area (Å²) in [6.45, 7) is 0.872. The predicted molar refractivity (Wildman–Crippen MR) is 90.4 cm³/mol. The molecule has 1 N–H and O–H groups in total. The summed E-state index contributed by atoms with van der Waals surface area (Å²) in [4.78, 5) is 10.6. The highest BCUT2D eigenvalue weighted by molar-refractivity contribution is 5.79. The number of benzene rings is 1. The summed E-state index contributed by atoms with van der Waals surface area (Å²) in [6.07, 6.45) is 1.49. The van der Waals surface area contributed by atoms with Crippen molar-refractivity contribution in [2.75, 3.05) is 13.6 Å². The van der Waals surface area contributed by atoms with Crippen molar-refractivity contribution in [2.24, 2.45) is 12.0 Å². The second-order valence-corrected chi connectivity index (χ2v) is 5.35. The SMILES string of the molecule is CCNC(=NCc1ncnn1C)N(C)Cc1ccc(OC(F)F)cc1. The van der Waals surface area contributed by atoms with Gasteiger partial charge in [-0.25, -0.2) is 9.98 Å². The number of rotatable bonds is 7. The molecule has 0 spiro atoms. The average molecular weight is 352 g/mol. The van der Waals surface area contributed by atoms with Crippen molar-refractivity contribution in [1.82, 2.24) is 25.0 Å². The van der Waals surface area contributed by atoms with E-state index < -0.39 is 6.61 Å². The summed E-state index contributed by atoms with van der Waals surface area (Å²) >= 11 is 0. The van der Waals surface area contributed by atoms with Gasteiger partial charge in [-0.05, 0) is 24.6 Å². The van der Waals surface area contributed by atoms with Gasteiger partial charge in [0.2, 0.25) is 0 Å². The van der Waals surface area contributed by atoms with Gasteiger partial charge in [0.1, 0.15) is 24.4 Å². The number of alkyl halides is 2. The molecule has 0 aliphatic heterocycles. The minimum atomic E-state index is -2.82. The molecule has 0 unspecified atom stereocenters. The topological polar surface area (TPSA) is 67.6 Å². The molecule has 0 fully saturated rings. The second-order valence-electron chi connectivity index (χ2n) is 5.35. The molecule has 25 heavy (non-hydrogen) atoms. The fraction of sp³-hybridized carbons (Fsp3) is 0.438. The number of guanidine groups is 1. The molecule has 0 atom stereocenters. The lowest BCUT2D eigenvalue weighted by Gasteiger charge is -2.22. The maximum atomic E-state index is 12.2. The highest BCUT2D eigenvalue weighted by Gasteiger charge is 2.09. The summed E-state index contributed by atoms with van der Waals surface area (Å²) in [5.74, 6) is 1.62. The average Bonchev–Trinajstić information content (AvgIpc) is 2.98. The van der Waals surface area contributed by atoms with E-state index in [9.17, 15) is 8.78 Å². The van der Waals surface area contributed by atoms with Crippen LogP contribution < -0.4 is 10.1 Å². The molecule has 2 aromatic rings. The first kappa shape index (κ1) is 18.6. The molecule has 0 amide bonds. The van der Waals surface area contributed by atoms with Gasteiger partial charge in [0, 0.05) is 27.2 Å². The van der Waals surface area contributed by atoms with Crippen molar-refractivity contribution < 1.29 is 13.5 Å². The van der Waals surface area contributed by atoms with Crippen LogP contribution in [0.5, 0.6) is 5.75 Å². The molecular formula is C16H22F2N6O. The third kappa shape index (κ3) is 5.70. The van der Waals surface area contributed by atoms with E-state index in [1.165, 1.54) is 18.5 Å². The molecule has 136 valence electrons. The van der Waals surface area contributed by atoms with Crippen LogP contribution in [0.15, 0.2) is 35.6 Å². The van der Waals surface area contributed by atoms with E-state index in [0.717, 1.165) is 23.9 Å². The fourth-order valence-corrected chi connectivity index (χ4v) is 2.20. The predicted octanol–water partition coefficient (Wildman–Crippen LogP) is 2.01. The maximum absolute atomic E-state index is 12.2. The number of halogens is 2. The molecule has 9 heteroatoms. The van der Waals surface area contributed by atoms with Gasteiger partial charge < -0.3 is 15.0 Å². The summed E-state index contributed by atoms with van der Waals surface area (Å²) in [7, 11) is 3.72. The number of aromatic nitrogens is 3. The van der Waals surface area contributed by atoms with Crippen LogP contribution in [0.25, 0.3) is 0 Å². The van der Waals surface area contributed by atoms with Crippen molar-refractivity contribution in [3.05, 3.63) is 42.0 Å². The third-order valence-corrected chi connectivity index (χ3v) is 3.44. The Balaban J connectivity index is 2.01. The van der Waals surface area contributed by atoms with Crippen LogP contribution in [-0.4, -0.2) is 45.8 Å². The first-order chi connectivity index (χ1) is 12.0. The Morgan fingerprint density at radius 3 is 2.64 bits per heavy atom. The van der Waals surface area contributed by atoms with Crippen LogP contribution in [0.4, 0.5) is 8.78 Å². The smallest absolute Gasteiger partial charge is 0.387 e. The van der Waals surface area contributed by atoms with E-state index >= 15 is 0 Å². The molecule has 1 aromatic heterocycles. The highest BCUT2D eigenvalue weighted by Crippen LogP contribution is 2.15. The van der Waals surface area contributed by atoms with Crippen LogP contribution in [0.2, 0.25) is 0 Å². The van der Waals surface area contributed by atoms with E-state index in [1.54, 1.807) is 16.8 Å². The van der Waals surface area contributed by atoms with E-state index in [2.05, 4.69) is 25.1 Å². The number of ether oxygens (including phenoxy) is 1. The van der Waals surface area contributed by atoms with Crippen molar-refractivity contribution in [1.29, 1.82) is 0 Å². The lowest BCUT2D eigenvalue weighted by molar-refractivity contribution is -0.0498. The van der Waals surface area contributed by atoms with E-state index in [1.807, 2.05) is 25.9 Å². The number of hydrogen-bond donors (Lipinski definition) is 1. The molecule has 1 heterocycles. The fourth-order valence-electron chi connectivity index (χ4n) is 2.20. The normalized spacial score (nSPS) is 11.7. The van der Waals surface area contributed by atoms with Gasteiger partial charge in [-0.1, -0.05) is 12.1 Å². The van der Waals surface area contributed by atoms with Gasteiger partial charge in [-0.3, -0.25) is 4.68 Å². The summed E-state index contributed by atoms with van der Waals surface area (Å²) in [5.41, 5.74) is 0.952. The highest BCUT2D eigenvalue weighted by atomic mass is 19.3. The number of aryl methyl sites for hydroxylation is 1. The summed E-state index contributed by atoms with van der Waals surface area (Å²) < 4.78 is 30.4. The Morgan fingerprint density at radius 1 is 1.36 bits per heavy atom. The lowest BCUT2D eigenvalue weighted by Crippen LogP contribution is -2.38. The first-order valence-corrected chi connectivity index (χ1v) is 7.85. The maximum Gasteiger partial charge on any atom is 0.387 e. The molecule has 0 saturated carbocycles. The second kappa shape index (κ2) is 8.95. The van der Waals surface area contributed by atoms with Gasteiger partial charge >= 0.3 is 6.61 Å². The van der Waals surface area contributed by atoms with E-state index in [0.29, 0.717) is 13.1 Å². The zero-order chi connectivity index (χ0) is 18.2. The zero-order valence-corrected chi connectivity index (χ0v) is 14.5. The first-order valence-electron chi connectivity index (χ1n) is 7.85. The summed E-state index contributed by atoms with van der Waals surface area (Å²) in [5, 5.41) is 7.24. The van der Waals surface area contributed by atoms with Crippen LogP contribution in [0, 0.1) is 0 Å². The molecule has 1 aromatic carbocycles. The third-order valence-electron chi connectivity index (χ3n) is 3.44. The van der Waals surface area contributed by atoms with E-state index in [-0.39, 0.29) is 5.75 Å². The number of hydrogen-bond acceptors (Lipinski definition) is 4. The molecule has 7 nitrogen and oxygen atoms in total. The largest absolute Gasteiger partial charge is 0.435 e. The molecule has 0 saturated heterocycles. The molecule has 0 aliphatic carbocycles. The monoisotopic (exact) mass is 352 g/mol. The Morgan fingerprint density at radius 2 is 2.08 bits per heavy atom. The molecule has 2 rings (SSSR count). The van der Waals surface area contributed by atoms with Crippen LogP contribution in [-0.2, 0) is 20.1 Å². The number of nitrogens with one attached hydrogen (secondary N) is 1. The van der Waals surface area contributed by atoms with Crippen molar-refractivity contribution in [2.45, 2.75) is 26.6 Å². The van der Waals surface area contributed by atoms with Crippen molar-refractivity contribution in [3.8, 4) is 5.75 Å². The molecule has 0 radical (unpaired) electrons. The molecule has 0 bridgehead atoms. The van der Waals surface area contributed by atoms with E-state index in [4.69, 9.17) is 0 Å². The standard InChI is InChI=1S/C16H22F2N6O/c1-4-19-16(20-9-14-21-11-22-24(14)3)23(2)10-12-5-7-13(8-6-12)25-15(17)18/h5-8,11,15H,4,9-10H2,1-3H3,(H,19,20). The summed E-state index contributed by atoms with van der Waals surface area (Å²) in [6, 6.07) is 6.55. The lowest BCUT2D eigenvalue weighted by atomic mass is 10.2. The molecule has 0 aliphatic rings. The van der Waals surface area contributed by atoms with Crippen molar-refractivity contribution >= 4 is 5.96 Å². The Kier molecular flexibility index (Phi) is 6.67. The number of aliphatic imine (C=N–C) groups is 1. The Hall–Kier alpha value is -2.71.